The Balaban J connectivity index is 0.00000193. The van der Waals surface area contributed by atoms with Gasteiger partial charge in [0.1, 0.15) is 0 Å². The molecule has 4 rings (SSSR count). The molecule has 1 aliphatic carbocycles. The quantitative estimate of drug-likeness (QED) is 0.268. The zero-order valence-electron chi connectivity index (χ0n) is 19.6. The summed E-state index contributed by atoms with van der Waals surface area (Å²) in [5.74, 6) is 0.381. The Labute approximate surface area is 219 Å². The van der Waals surface area contributed by atoms with Gasteiger partial charge in [-0.05, 0) is 81.6 Å². The number of fused-ring (bicyclic) bond motifs is 1. The number of hydrogen-bond acceptors (Lipinski definition) is 2. The Morgan fingerprint density at radius 1 is 1.06 bits per heavy atom. The average Bonchev–Trinajstić information content (AvgIpc) is 3.15. The fourth-order valence-electron chi connectivity index (χ4n) is 5.18. The molecular formula is C27H38BrCl2N3. The molecule has 2 aromatic carbocycles. The summed E-state index contributed by atoms with van der Waals surface area (Å²) < 4.78 is 3.76. The number of benzene rings is 2. The van der Waals surface area contributed by atoms with E-state index in [-0.39, 0.29) is 24.8 Å². The summed E-state index contributed by atoms with van der Waals surface area (Å²) in [6.45, 7) is 4.94. The molecule has 1 unspecified atom stereocenters. The number of halogens is 3. The van der Waals surface area contributed by atoms with Crippen molar-refractivity contribution in [3.05, 3.63) is 69.8 Å². The Bertz CT molecular complexity index is 998. The fraction of sp³-hybridized carbons (Fsp3) is 0.481. The molecule has 182 valence electrons. The van der Waals surface area contributed by atoms with Crippen molar-refractivity contribution in [2.75, 3.05) is 19.6 Å². The van der Waals surface area contributed by atoms with Gasteiger partial charge in [0.25, 0.3) is 0 Å². The van der Waals surface area contributed by atoms with Crippen LogP contribution >= 0.6 is 40.7 Å². The van der Waals surface area contributed by atoms with Crippen molar-refractivity contribution < 1.29 is 0 Å². The largest absolute Gasteiger partial charge is 0.344 e. The minimum Gasteiger partial charge on any atom is -0.344 e. The number of aromatic nitrogens is 1. The lowest BCUT2D eigenvalue weighted by molar-refractivity contribution is 0.360. The molecule has 1 atom stereocenters. The highest BCUT2D eigenvalue weighted by atomic mass is 79.9. The van der Waals surface area contributed by atoms with Crippen LogP contribution in [0.5, 0.6) is 0 Å². The second-order valence-corrected chi connectivity index (χ2v) is 10.0. The van der Waals surface area contributed by atoms with Crippen LogP contribution in [0, 0.1) is 6.92 Å². The lowest BCUT2D eigenvalue weighted by atomic mass is 9.87. The lowest BCUT2D eigenvalue weighted by Crippen LogP contribution is -2.21. The zero-order chi connectivity index (χ0) is 21.6. The van der Waals surface area contributed by atoms with Crippen LogP contribution in [0.2, 0.25) is 0 Å². The van der Waals surface area contributed by atoms with Crippen molar-refractivity contribution in [2.45, 2.75) is 63.8 Å². The maximum Gasteiger partial charge on any atom is 0.0486 e. The fourth-order valence-corrected chi connectivity index (χ4v) is 5.54. The van der Waals surface area contributed by atoms with E-state index in [1.54, 1.807) is 0 Å². The van der Waals surface area contributed by atoms with Crippen LogP contribution in [0.25, 0.3) is 10.9 Å². The van der Waals surface area contributed by atoms with Crippen LogP contribution in [0.4, 0.5) is 0 Å². The zero-order valence-corrected chi connectivity index (χ0v) is 22.8. The molecule has 33 heavy (non-hydrogen) atoms. The van der Waals surface area contributed by atoms with Crippen LogP contribution in [-0.4, -0.2) is 24.2 Å². The highest BCUT2D eigenvalue weighted by Gasteiger charge is 2.24. The number of nitrogens with zero attached hydrogens (tertiary/aromatic N) is 1. The maximum absolute atomic E-state index is 5.67. The highest BCUT2D eigenvalue weighted by molar-refractivity contribution is 9.10. The third-order valence-corrected chi connectivity index (χ3v) is 7.27. The van der Waals surface area contributed by atoms with E-state index >= 15 is 0 Å². The SMILES string of the molecule is Cc1cccc(C(CCNCCCN)c2cn(C3CCCCC3)c3ccc(Br)cc23)c1.Cl.Cl. The third-order valence-electron chi connectivity index (χ3n) is 6.78. The van der Waals surface area contributed by atoms with E-state index in [9.17, 15) is 0 Å². The molecule has 1 aromatic heterocycles. The standard InChI is InChI=1S/C27H36BrN3.2ClH/c1-20-7-5-8-21(17-20)24(13-16-30-15-6-14-29)26-19-31(23-9-3-2-4-10-23)27-12-11-22(28)18-25(26)27;;/h5,7-8,11-12,17-19,23-24,30H,2-4,6,9-10,13-16,29H2,1H3;2*1H. The van der Waals surface area contributed by atoms with Crippen molar-refractivity contribution in [3.63, 3.8) is 0 Å². The van der Waals surface area contributed by atoms with Crippen molar-refractivity contribution in [2.24, 2.45) is 5.73 Å². The summed E-state index contributed by atoms with van der Waals surface area (Å²) in [7, 11) is 0. The van der Waals surface area contributed by atoms with Crippen LogP contribution in [-0.2, 0) is 0 Å². The Morgan fingerprint density at radius 2 is 1.85 bits per heavy atom. The van der Waals surface area contributed by atoms with Crippen molar-refractivity contribution in [3.8, 4) is 0 Å². The van der Waals surface area contributed by atoms with Gasteiger partial charge in [0.2, 0.25) is 0 Å². The lowest BCUT2D eigenvalue weighted by Gasteiger charge is -2.24. The molecule has 0 spiro atoms. The van der Waals surface area contributed by atoms with Crippen molar-refractivity contribution in [1.82, 2.24) is 9.88 Å². The first-order chi connectivity index (χ1) is 15.2. The van der Waals surface area contributed by atoms with Crippen LogP contribution in [0.3, 0.4) is 0 Å². The van der Waals surface area contributed by atoms with E-state index in [0.717, 1.165) is 36.9 Å². The minimum atomic E-state index is 0. The van der Waals surface area contributed by atoms with Gasteiger partial charge in [0.05, 0.1) is 0 Å². The smallest absolute Gasteiger partial charge is 0.0486 e. The highest BCUT2D eigenvalue weighted by Crippen LogP contribution is 2.39. The summed E-state index contributed by atoms with van der Waals surface area (Å²) in [5, 5.41) is 5.00. The number of rotatable bonds is 9. The van der Waals surface area contributed by atoms with E-state index in [1.165, 1.54) is 59.7 Å². The molecule has 1 saturated carbocycles. The van der Waals surface area contributed by atoms with Gasteiger partial charge in [-0.25, -0.2) is 0 Å². The molecular weight excluding hydrogens is 517 g/mol. The van der Waals surface area contributed by atoms with Crippen molar-refractivity contribution in [1.29, 1.82) is 0 Å². The second-order valence-electron chi connectivity index (χ2n) is 9.09. The van der Waals surface area contributed by atoms with Crippen LogP contribution in [0.15, 0.2) is 53.1 Å². The maximum atomic E-state index is 5.67. The topological polar surface area (TPSA) is 43.0 Å². The summed E-state index contributed by atoms with van der Waals surface area (Å²) >= 11 is 3.74. The first kappa shape index (κ1) is 28.2. The van der Waals surface area contributed by atoms with E-state index in [1.807, 2.05) is 0 Å². The predicted molar refractivity (Wildman–Crippen MR) is 150 cm³/mol. The van der Waals surface area contributed by atoms with E-state index in [2.05, 4.69) is 81.4 Å². The number of hydrogen-bond donors (Lipinski definition) is 2. The van der Waals surface area contributed by atoms with Gasteiger partial charge < -0.3 is 15.6 Å². The molecule has 3 N–H and O–H groups in total. The number of nitrogens with one attached hydrogen (secondary N) is 1. The van der Waals surface area contributed by atoms with E-state index in [4.69, 9.17) is 5.73 Å². The molecule has 6 heteroatoms. The van der Waals surface area contributed by atoms with E-state index in [0.29, 0.717) is 12.0 Å². The van der Waals surface area contributed by atoms with Gasteiger partial charge in [-0.1, -0.05) is 65.0 Å². The van der Waals surface area contributed by atoms with Crippen molar-refractivity contribution >= 4 is 51.6 Å². The minimum absolute atomic E-state index is 0. The monoisotopic (exact) mass is 553 g/mol. The number of nitrogens with two attached hydrogens (primary N) is 1. The van der Waals surface area contributed by atoms with Gasteiger partial charge in [-0.15, -0.1) is 24.8 Å². The Morgan fingerprint density at radius 3 is 2.58 bits per heavy atom. The molecule has 1 heterocycles. The summed E-state index contributed by atoms with van der Waals surface area (Å²) in [4.78, 5) is 0. The van der Waals surface area contributed by atoms with Crippen LogP contribution < -0.4 is 11.1 Å². The average molecular weight is 555 g/mol. The third kappa shape index (κ3) is 6.99. The Kier molecular flexibility index (Phi) is 11.7. The van der Waals surface area contributed by atoms with E-state index < -0.39 is 0 Å². The molecule has 3 aromatic rings. The molecule has 3 nitrogen and oxygen atoms in total. The molecule has 1 aliphatic rings. The number of aryl methyl sites for hydroxylation is 1. The normalized spacial score (nSPS) is 15.1. The first-order valence-electron chi connectivity index (χ1n) is 11.9. The molecule has 0 radical (unpaired) electrons. The van der Waals surface area contributed by atoms with Gasteiger partial charge in [0, 0.05) is 33.5 Å². The molecule has 0 bridgehead atoms. The van der Waals surface area contributed by atoms with Gasteiger partial charge >= 0.3 is 0 Å². The molecule has 0 saturated heterocycles. The van der Waals surface area contributed by atoms with Crippen LogP contribution in [0.1, 0.15) is 73.6 Å². The predicted octanol–water partition coefficient (Wildman–Crippen LogP) is 7.52. The summed E-state index contributed by atoms with van der Waals surface area (Å²) in [5.41, 5.74) is 11.3. The molecule has 0 amide bonds. The summed E-state index contributed by atoms with van der Waals surface area (Å²) in [6, 6.07) is 16.5. The first-order valence-corrected chi connectivity index (χ1v) is 12.7. The Hall–Kier alpha value is -1.04. The van der Waals surface area contributed by atoms with Gasteiger partial charge in [0.15, 0.2) is 0 Å². The molecule has 1 fully saturated rings. The van der Waals surface area contributed by atoms with Gasteiger partial charge in [-0.2, -0.15) is 0 Å². The molecule has 0 aliphatic heterocycles. The second kappa shape index (κ2) is 13.7. The summed E-state index contributed by atoms with van der Waals surface area (Å²) in [6.07, 6.45) is 11.3. The van der Waals surface area contributed by atoms with Gasteiger partial charge in [-0.3, -0.25) is 0 Å².